The zero-order chi connectivity index (χ0) is 26.8. The Hall–Kier alpha value is -4.04. The molecule has 1 fully saturated rings. The predicted octanol–water partition coefficient (Wildman–Crippen LogP) is 5.50. The standard InChI is InChI=1S/C30H32N6OS/c1-19-8-10-23(11-9-19)33-27(37)13-16-35-29(28(34-30(35)38)25-7-5-6-14-31-25)24-18-21(3)36(22(24)4)26-17-20(2)12-15-32-26/h5-12,14-15,17-18,28-29H,13,16H2,1-4H3,(H,33,37)(H,34,38)/t28-,29-/m0/s1. The first-order valence-corrected chi connectivity index (χ1v) is 13.2. The van der Waals surface area contributed by atoms with Crippen LogP contribution in [0.2, 0.25) is 0 Å². The van der Waals surface area contributed by atoms with Crippen LogP contribution < -0.4 is 10.6 Å². The van der Waals surface area contributed by atoms with Gasteiger partial charge in [0.15, 0.2) is 5.11 Å². The number of nitrogens with one attached hydrogen (secondary N) is 2. The highest BCUT2D eigenvalue weighted by molar-refractivity contribution is 7.80. The quantitative estimate of drug-likeness (QED) is 0.311. The van der Waals surface area contributed by atoms with Crippen LogP contribution in [0, 0.1) is 27.7 Å². The Labute approximate surface area is 228 Å². The Bertz CT molecular complexity index is 1460. The Morgan fingerprint density at radius 3 is 2.47 bits per heavy atom. The molecule has 1 aliphatic heterocycles. The second kappa shape index (κ2) is 10.8. The smallest absolute Gasteiger partial charge is 0.226 e. The molecule has 194 valence electrons. The van der Waals surface area contributed by atoms with Crippen molar-refractivity contribution in [1.82, 2.24) is 24.8 Å². The van der Waals surface area contributed by atoms with Crippen LogP contribution in [0.5, 0.6) is 0 Å². The number of pyridine rings is 2. The molecule has 1 aromatic carbocycles. The molecule has 4 heterocycles. The van der Waals surface area contributed by atoms with Gasteiger partial charge in [-0.2, -0.15) is 0 Å². The van der Waals surface area contributed by atoms with E-state index in [0.717, 1.165) is 45.3 Å². The van der Waals surface area contributed by atoms with Gasteiger partial charge in [-0.05, 0) is 93.5 Å². The minimum atomic E-state index is -0.150. The Balaban J connectivity index is 1.46. The zero-order valence-corrected chi connectivity index (χ0v) is 22.9. The van der Waals surface area contributed by atoms with Crippen molar-refractivity contribution in [3.8, 4) is 5.82 Å². The second-order valence-electron chi connectivity index (χ2n) is 9.84. The summed E-state index contributed by atoms with van der Waals surface area (Å²) in [6.45, 7) is 8.78. The molecule has 0 radical (unpaired) electrons. The number of benzene rings is 1. The summed E-state index contributed by atoms with van der Waals surface area (Å²) in [5.74, 6) is 0.837. The number of thiocarbonyl (C=S) groups is 1. The average molecular weight is 525 g/mol. The van der Waals surface area contributed by atoms with Gasteiger partial charge in [-0.1, -0.05) is 23.8 Å². The number of carbonyl (C=O) groups excluding carboxylic acids is 1. The van der Waals surface area contributed by atoms with Crippen LogP contribution >= 0.6 is 12.2 Å². The molecule has 4 aromatic rings. The van der Waals surface area contributed by atoms with E-state index < -0.39 is 0 Å². The molecule has 0 saturated carbocycles. The van der Waals surface area contributed by atoms with E-state index >= 15 is 0 Å². The van der Waals surface area contributed by atoms with Crippen molar-refractivity contribution in [2.75, 3.05) is 11.9 Å². The molecule has 1 aliphatic rings. The minimum absolute atomic E-state index is 0.0499. The summed E-state index contributed by atoms with van der Waals surface area (Å²) in [4.78, 5) is 24.3. The van der Waals surface area contributed by atoms with Crippen molar-refractivity contribution in [1.29, 1.82) is 0 Å². The first kappa shape index (κ1) is 25.6. The maximum atomic E-state index is 12.9. The largest absolute Gasteiger partial charge is 0.352 e. The normalized spacial score (nSPS) is 16.9. The molecule has 0 spiro atoms. The summed E-state index contributed by atoms with van der Waals surface area (Å²) in [7, 11) is 0. The molecule has 0 aliphatic carbocycles. The molecule has 7 nitrogen and oxygen atoms in total. The molecule has 0 bridgehead atoms. The number of nitrogens with zero attached hydrogens (tertiary/aromatic N) is 4. The van der Waals surface area contributed by atoms with Crippen LogP contribution in [0.4, 0.5) is 5.69 Å². The fourth-order valence-electron chi connectivity index (χ4n) is 5.15. The van der Waals surface area contributed by atoms with E-state index in [4.69, 9.17) is 12.2 Å². The monoisotopic (exact) mass is 524 g/mol. The lowest BCUT2D eigenvalue weighted by atomic mass is 9.96. The highest BCUT2D eigenvalue weighted by Gasteiger charge is 2.41. The molecule has 1 saturated heterocycles. The number of carbonyl (C=O) groups is 1. The van der Waals surface area contributed by atoms with E-state index in [1.165, 1.54) is 0 Å². The fourth-order valence-corrected chi connectivity index (χ4v) is 5.48. The van der Waals surface area contributed by atoms with Crippen LogP contribution in [0.25, 0.3) is 5.82 Å². The van der Waals surface area contributed by atoms with Crippen molar-refractivity contribution in [2.24, 2.45) is 0 Å². The predicted molar refractivity (Wildman–Crippen MR) is 154 cm³/mol. The summed E-state index contributed by atoms with van der Waals surface area (Å²) in [5, 5.41) is 7.11. The third-order valence-electron chi connectivity index (χ3n) is 7.03. The van der Waals surface area contributed by atoms with Crippen LogP contribution in [-0.4, -0.2) is 37.0 Å². The van der Waals surface area contributed by atoms with E-state index in [2.05, 4.69) is 63.0 Å². The molecule has 0 unspecified atom stereocenters. The van der Waals surface area contributed by atoms with Gasteiger partial charge < -0.3 is 20.1 Å². The van der Waals surface area contributed by atoms with Gasteiger partial charge in [-0.15, -0.1) is 0 Å². The maximum absolute atomic E-state index is 12.9. The number of anilines is 1. The van der Waals surface area contributed by atoms with Crippen LogP contribution in [0.1, 0.15) is 52.3 Å². The maximum Gasteiger partial charge on any atom is 0.226 e. The molecule has 8 heteroatoms. The van der Waals surface area contributed by atoms with E-state index in [9.17, 15) is 4.79 Å². The van der Waals surface area contributed by atoms with Gasteiger partial charge in [-0.3, -0.25) is 9.78 Å². The van der Waals surface area contributed by atoms with Gasteiger partial charge in [0, 0.05) is 42.4 Å². The summed E-state index contributed by atoms with van der Waals surface area (Å²) >= 11 is 5.82. The van der Waals surface area contributed by atoms with Gasteiger partial charge in [0.2, 0.25) is 5.91 Å². The Kier molecular flexibility index (Phi) is 7.24. The molecule has 1 amide bonds. The van der Waals surface area contributed by atoms with E-state index in [1.54, 1.807) is 6.20 Å². The number of aryl methyl sites for hydroxylation is 3. The summed E-state index contributed by atoms with van der Waals surface area (Å²) in [6.07, 6.45) is 3.94. The first-order chi connectivity index (χ1) is 18.3. The second-order valence-corrected chi connectivity index (χ2v) is 10.2. The van der Waals surface area contributed by atoms with Crippen molar-refractivity contribution in [2.45, 2.75) is 46.2 Å². The number of hydrogen-bond donors (Lipinski definition) is 2. The van der Waals surface area contributed by atoms with Gasteiger partial charge in [-0.25, -0.2) is 4.98 Å². The highest BCUT2D eigenvalue weighted by Crippen LogP contribution is 2.41. The topological polar surface area (TPSA) is 75.1 Å². The summed E-state index contributed by atoms with van der Waals surface area (Å²) in [6, 6.07) is 19.7. The Morgan fingerprint density at radius 1 is 0.974 bits per heavy atom. The van der Waals surface area contributed by atoms with Gasteiger partial charge in [0.1, 0.15) is 5.82 Å². The number of rotatable bonds is 7. The number of hydrogen-bond acceptors (Lipinski definition) is 4. The zero-order valence-electron chi connectivity index (χ0n) is 22.1. The Morgan fingerprint density at radius 2 is 1.76 bits per heavy atom. The molecule has 3 aromatic heterocycles. The summed E-state index contributed by atoms with van der Waals surface area (Å²) < 4.78 is 2.18. The SMILES string of the molecule is Cc1ccc(NC(=O)CCN2C(=S)N[C@@H](c3ccccn3)[C@@H]2c2cc(C)n(-c3cc(C)ccn3)c2C)cc1. The molecular formula is C30H32N6OS. The van der Waals surface area contributed by atoms with E-state index in [1.807, 2.05) is 61.7 Å². The van der Waals surface area contributed by atoms with Gasteiger partial charge in [0.05, 0.1) is 17.8 Å². The van der Waals surface area contributed by atoms with Gasteiger partial charge in [0.25, 0.3) is 0 Å². The van der Waals surface area contributed by atoms with Crippen molar-refractivity contribution >= 4 is 28.9 Å². The lowest BCUT2D eigenvalue weighted by molar-refractivity contribution is -0.116. The van der Waals surface area contributed by atoms with Crippen molar-refractivity contribution in [3.05, 3.63) is 107 Å². The molecule has 2 atom stereocenters. The third kappa shape index (κ3) is 5.17. The molecule has 38 heavy (non-hydrogen) atoms. The first-order valence-electron chi connectivity index (χ1n) is 12.8. The molecular weight excluding hydrogens is 492 g/mol. The number of amides is 1. The third-order valence-corrected chi connectivity index (χ3v) is 7.38. The molecule has 5 rings (SSSR count). The van der Waals surface area contributed by atoms with E-state index in [-0.39, 0.29) is 18.0 Å². The van der Waals surface area contributed by atoms with Gasteiger partial charge >= 0.3 is 0 Å². The average Bonchev–Trinajstić information content (AvgIpc) is 3.39. The van der Waals surface area contributed by atoms with E-state index in [0.29, 0.717) is 18.1 Å². The van der Waals surface area contributed by atoms with Crippen LogP contribution in [0.15, 0.2) is 73.1 Å². The fraction of sp³-hybridized carbons (Fsp3) is 0.267. The van der Waals surface area contributed by atoms with Crippen molar-refractivity contribution in [3.63, 3.8) is 0 Å². The highest BCUT2D eigenvalue weighted by atomic mass is 32.1. The van der Waals surface area contributed by atoms with Crippen LogP contribution in [-0.2, 0) is 4.79 Å². The lowest BCUT2D eigenvalue weighted by Gasteiger charge is -2.28. The number of aromatic nitrogens is 3. The molecule has 2 N–H and O–H groups in total. The summed E-state index contributed by atoms with van der Waals surface area (Å²) in [5.41, 5.74) is 7.31. The van der Waals surface area contributed by atoms with Crippen molar-refractivity contribution < 1.29 is 4.79 Å². The lowest BCUT2D eigenvalue weighted by Crippen LogP contribution is -2.32. The van der Waals surface area contributed by atoms with Crippen LogP contribution in [0.3, 0.4) is 0 Å². The minimum Gasteiger partial charge on any atom is -0.352 e.